The molecule has 0 spiro atoms. The van der Waals surface area contributed by atoms with Crippen LogP contribution in [0.3, 0.4) is 0 Å². The van der Waals surface area contributed by atoms with Gasteiger partial charge < -0.3 is 17.8 Å². The summed E-state index contributed by atoms with van der Waals surface area (Å²) in [4.78, 5) is 0. The first-order valence-electron chi connectivity index (χ1n) is 17.9. The van der Waals surface area contributed by atoms with Gasteiger partial charge in [-0.3, -0.25) is 0 Å². The highest BCUT2D eigenvalue weighted by Gasteiger charge is 2.51. The molecule has 0 amide bonds. The van der Waals surface area contributed by atoms with E-state index in [4.69, 9.17) is 13.6 Å². The quantitative estimate of drug-likeness (QED) is 0.0399. The second-order valence-corrected chi connectivity index (χ2v) is 27.0. The molecule has 0 N–H and O–H groups in total. The highest BCUT2D eigenvalue weighted by Crippen LogP contribution is 2.41. The third kappa shape index (κ3) is 10.9. The number of hydrogen-bond donors (Lipinski definition) is 0. The van der Waals surface area contributed by atoms with Gasteiger partial charge in [-0.15, -0.1) is 0 Å². The third-order valence-electron chi connectivity index (χ3n) is 10.4. The van der Waals surface area contributed by atoms with Crippen LogP contribution in [-0.2, 0) is 27.9 Å². The van der Waals surface area contributed by atoms with Gasteiger partial charge in [0.1, 0.15) is 5.76 Å². The summed E-state index contributed by atoms with van der Waals surface area (Å²) >= 11 is 0. The summed E-state index contributed by atoms with van der Waals surface area (Å²) in [6, 6.07) is 21.2. The number of rotatable bonds is 17. The zero-order valence-corrected chi connectivity index (χ0v) is 34.8. The van der Waals surface area contributed by atoms with Crippen molar-refractivity contribution in [3.63, 3.8) is 0 Å². The summed E-state index contributed by atoms with van der Waals surface area (Å²) in [5.41, 5.74) is -4.52. The first-order chi connectivity index (χ1) is 23.4. The molecule has 0 aromatic heterocycles. The molecule has 6 nitrogen and oxygen atoms in total. The molecule has 51 heavy (non-hydrogen) atoms. The maximum absolute atomic E-state index is 13.0. The van der Waals surface area contributed by atoms with E-state index in [9.17, 15) is 21.6 Å². The minimum atomic E-state index is -5.80. The molecular weight excluding hydrogens is 710 g/mol. The molecule has 1 aliphatic rings. The Morgan fingerprint density at radius 3 is 1.92 bits per heavy atom. The van der Waals surface area contributed by atoms with Gasteiger partial charge in [0, 0.05) is 18.6 Å². The van der Waals surface area contributed by atoms with E-state index in [0.717, 1.165) is 24.8 Å². The van der Waals surface area contributed by atoms with Crippen LogP contribution in [0, 0.1) is 5.92 Å². The van der Waals surface area contributed by atoms with Crippen molar-refractivity contribution in [3.05, 3.63) is 85.2 Å². The van der Waals surface area contributed by atoms with Crippen LogP contribution in [0.5, 0.6) is 0 Å². The zero-order valence-electron chi connectivity index (χ0n) is 31.9. The molecule has 1 aliphatic heterocycles. The van der Waals surface area contributed by atoms with Crippen molar-refractivity contribution < 1.29 is 39.4 Å². The van der Waals surface area contributed by atoms with Gasteiger partial charge in [0.2, 0.25) is 0 Å². The minimum Gasteiger partial charge on any atom is -0.414 e. The predicted molar refractivity (Wildman–Crippen MR) is 206 cm³/mol. The second-order valence-electron chi connectivity index (χ2n) is 16.4. The Kier molecular flexibility index (Phi) is 14.3. The molecule has 0 aliphatic carbocycles. The summed E-state index contributed by atoms with van der Waals surface area (Å²) in [6.07, 6.45) is 3.27. The monoisotopic (exact) mass is 768 g/mol. The Balaban J connectivity index is 1.66. The van der Waals surface area contributed by atoms with Gasteiger partial charge in [0.25, 0.3) is 8.32 Å². The average molecular weight is 769 g/mol. The molecule has 0 radical (unpaired) electrons. The fourth-order valence-corrected chi connectivity index (χ4v) is 13.0. The van der Waals surface area contributed by atoms with Crippen LogP contribution in [0.4, 0.5) is 13.2 Å². The largest absolute Gasteiger partial charge is 0.534 e. The number of alkyl halides is 3. The molecule has 12 heteroatoms. The SMILES string of the molecule is C=C(OS(=O)(=O)C(F)(F)F)[C@H](C)C[C@@H](CC[C@@H]1O[C@@H](CCCO[Si](c2ccccc2)(c2ccccc2)C(C)(C)C)CC1=C)O[Si](C)(C)C(C)(C)C. The Morgan fingerprint density at radius 2 is 1.45 bits per heavy atom. The van der Waals surface area contributed by atoms with Crippen molar-refractivity contribution >= 4 is 37.1 Å². The van der Waals surface area contributed by atoms with Crippen molar-refractivity contribution in [1.29, 1.82) is 0 Å². The van der Waals surface area contributed by atoms with Gasteiger partial charge in [-0.1, -0.05) is 122 Å². The molecule has 1 fully saturated rings. The van der Waals surface area contributed by atoms with Gasteiger partial charge in [-0.05, 0) is 77.6 Å². The minimum absolute atomic E-state index is 0.00434. The summed E-state index contributed by atoms with van der Waals surface area (Å²) < 4.78 is 86.9. The lowest BCUT2D eigenvalue weighted by Gasteiger charge is -2.43. The maximum Gasteiger partial charge on any atom is 0.534 e. The Labute approximate surface area is 307 Å². The summed E-state index contributed by atoms with van der Waals surface area (Å²) in [7, 11) is -10.7. The lowest BCUT2D eigenvalue weighted by molar-refractivity contribution is -0.0527. The van der Waals surface area contributed by atoms with Crippen LogP contribution >= 0.6 is 0 Å². The molecule has 1 saturated heterocycles. The fraction of sp³-hybridized carbons (Fsp3) is 0.590. The van der Waals surface area contributed by atoms with E-state index in [0.29, 0.717) is 19.4 Å². The van der Waals surface area contributed by atoms with Crippen molar-refractivity contribution in [2.24, 2.45) is 5.92 Å². The van der Waals surface area contributed by atoms with Crippen molar-refractivity contribution in [2.45, 2.75) is 134 Å². The van der Waals surface area contributed by atoms with Crippen LogP contribution in [0.2, 0.25) is 23.2 Å². The second kappa shape index (κ2) is 16.8. The summed E-state index contributed by atoms with van der Waals surface area (Å²) in [5.74, 6) is -1.16. The predicted octanol–water partition coefficient (Wildman–Crippen LogP) is 9.63. The van der Waals surface area contributed by atoms with E-state index >= 15 is 0 Å². The van der Waals surface area contributed by atoms with E-state index in [-0.39, 0.29) is 34.8 Å². The van der Waals surface area contributed by atoms with Gasteiger partial charge in [0.05, 0.1) is 12.2 Å². The van der Waals surface area contributed by atoms with E-state index in [2.05, 4.69) is 121 Å². The molecule has 0 unspecified atom stereocenters. The molecule has 2 aromatic carbocycles. The molecular formula is C39H59F3O6SSi2. The topological polar surface area (TPSA) is 71.1 Å². The molecule has 1 heterocycles. The van der Waals surface area contributed by atoms with Crippen LogP contribution < -0.4 is 10.4 Å². The van der Waals surface area contributed by atoms with Crippen LogP contribution in [0.1, 0.15) is 87.0 Å². The highest BCUT2D eigenvalue weighted by atomic mass is 32.2. The molecule has 2 aromatic rings. The molecule has 4 atom stereocenters. The van der Waals surface area contributed by atoms with Crippen molar-refractivity contribution in [1.82, 2.24) is 0 Å². The third-order valence-corrected chi connectivity index (χ3v) is 21.0. The number of benzene rings is 2. The smallest absolute Gasteiger partial charge is 0.414 e. The summed E-state index contributed by atoms with van der Waals surface area (Å²) in [6.45, 7) is 27.4. The molecule has 0 saturated carbocycles. The van der Waals surface area contributed by atoms with Gasteiger partial charge in [0.15, 0.2) is 8.32 Å². The lowest BCUT2D eigenvalue weighted by atomic mass is 9.96. The van der Waals surface area contributed by atoms with Gasteiger partial charge >= 0.3 is 15.6 Å². The first kappa shape index (κ1) is 43.2. The zero-order chi connectivity index (χ0) is 38.5. The molecule has 0 bridgehead atoms. The normalized spacial score (nSPS) is 19.2. The van der Waals surface area contributed by atoms with Crippen LogP contribution in [0.25, 0.3) is 0 Å². The number of ether oxygens (including phenoxy) is 1. The van der Waals surface area contributed by atoms with Crippen molar-refractivity contribution in [3.8, 4) is 0 Å². The Bertz CT molecular complexity index is 1510. The van der Waals surface area contributed by atoms with Crippen molar-refractivity contribution in [2.75, 3.05) is 6.61 Å². The number of hydrogen-bond acceptors (Lipinski definition) is 6. The Hall–Kier alpha value is -2.23. The first-order valence-corrected chi connectivity index (χ1v) is 24.1. The average Bonchev–Trinajstić information content (AvgIpc) is 3.37. The van der Waals surface area contributed by atoms with Crippen LogP contribution in [-0.4, -0.2) is 55.5 Å². The maximum atomic E-state index is 13.0. The van der Waals surface area contributed by atoms with E-state index in [1.165, 1.54) is 10.4 Å². The van der Waals surface area contributed by atoms with E-state index in [1.807, 2.05) is 12.1 Å². The van der Waals surface area contributed by atoms with E-state index in [1.54, 1.807) is 6.92 Å². The number of allylic oxidation sites excluding steroid dienone is 1. The summed E-state index contributed by atoms with van der Waals surface area (Å²) in [5, 5.41) is 2.27. The number of halogens is 3. The van der Waals surface area contributed by atoms with Gasteiger partial charge in [-0.25, -0.2) is 0 Å². The lowest BCUT2D eigenvalue weighted by Crippen LogP contribution is -2.66. The van der Waals surface area contributed by atoms with E-state index < -0.39 is 43.9 Å². The van der Waals surface area contributed by atoms with Gasteiger partial charge in [-0.2, -0.15) is 21.6 Å². The standard InChI is InChI=1S/C39H59F3O6SSi2/c1-29(31(3)47-49(43,44)39(40,41)42)27-33(48-50(10,11)37(4,5)6)24-25-36-30(2)28-32(46-36)19-18-26-45-51(38(7,8)9,34-20-14-12-15-21-34)35-22-16-13-17-23-35/h12-17,20-23,29,32-33,36H,2-3,18-19,24-28H2,1,4-11H3/t29-,32+,33-,36+/m1/s1. The van der Waals surface area contributed by atoms with Crippen LogP contribution in [0.15, 0.2) is 85.2 Å². The fourth-order valence-electron chi connectivity index (χ4n) is 6.49. The Morgan fingerprint density at radius 1 is 0.922 bits per heavy atom. The highest BCUT2D eigenvalue weighted by molar-refractivity contribution is 7.87. The molecule has 286 valence electrons. The molecule has 3 rings (SSSR count).